The van der Waals surface area contributed by atoms with E-state index in [0.717, 1.165) is 6.54 Å². The number of amides is 2. The highest BCUT2D eigenvalue weighted by Crippen LogP contribution is 2.06. The third kappa shape index (κ3) is 6.75. The molecule has 0 rings (SSSR count). The second kappa shape index (κ2) is 8.79. The first-order valence-electron chi connectivity index (χ1n) is 7.11. The maximum atomic E-state index is 12.2. The SMILES string of the molecule is CCN(CC(C)C(=O)O)C(=O)NC(CN(C)C)C(C)C. The molecule has 2 N–H and O–H groups in total. The monoisotopic (exact) mass is 287 g/mol. The Morgan fingerprint density at radius 2 is 1.70 bits per heavy atom. The molecule has 0 aliphatic heterocycles. The zero-order valence-electron chi connectivity index (χ0n) is 13.5. The highest BCUT2D eigenvalue weighted by molar-refractivity contribution is 5.76. The molecule has 0 aliphatic rings. The number of carbonyl (C=O) groups excluding carboxylic acids is 1. The summed E-state index contributed by atoms with van der Waals surface area (Å²) < 4.78 is 0. The summed E-state index contributed by atoms with van der Waals surface area (Å²) in [5.41, 5.74) is 0. The first-order chi connectivity index (χ1) is 9.18. The van der Waals surface area contributed by atoms with Gasteiger partial charge in [-0.3, -0.25) is 4.79 Å². The number of likely N-dealkylation sites (N-methyl/N-ethyl adjacent to an activating group) is 1. The minimum Gasteiger partial charge on any atom is -0.481 e. The molecule has 118 valence electrons. The summed E-state index contributed by atoms with van der Waals surface area (Å²) in [6.07, 6.45) is 0. The largest absolute Gasteiger partial charge is 0.481 e. The highest BCUT2D eigenvalue weighted by atomic mass is 16.4. The molecule has 0 radical (unpaired) electrons. The third-order valence-electron chi connectivity index (χ3n) is 3.26. The smallest absolute Gasteiger partial charge is 0.317 e. The van der Waals surface area contributed by atoms with Crippen molar-refractivity contribution in [1.29, 1.82) is 0 Å². The third-order valence-corrected chi connectivity index (χ3v) is 3.26. The van der Waals surface area contributed by atoms with Crippen molar-refractivity contribution in [3.05, 3.63) is 0 Å². The van der Waals surface area contributed by atoms with E-state index in [9.17, 15) is 9.59 Å². The van der Waals surface area contributed by atoms with Gasteiger partial charge in [-0.05, 0) is 26.9 Å². The molecule has 0 aromatic rings. The second-order valence-corrected chi connectivity index (χ2v) is 5.84. The van der Waals surface area contributed by atoms with E-state index in [1.807, 2.05) is 25.9 Å². The Kier molecular flexibility index (Phi) is 8.22. The molecule has 0 spiro atoms. The van der Waals surface area contributed by atoms with E-state index < -0.39 is 11.9 Å². The number of aliphatic carboxylic acids is 1. The van der Waals surface area contributed by atoms with Crippen LogP contribution in [0.3, 0.4) is 0 Å². The van der Waals surface area contributed by atoms with Gasteiger partial charge < -0.3 is 20.2 Å². The van der Waals surface area contributed by atoms with Crippen LogP contribution in [-0.4, -0.2) is 66.7 Å². The fourth-order valence-electron chi connectivity index (χ4n) is 1.83. The fraction of sp³-hybridized carbons (Fsp3) is 0.857. The minimum absolute atomic E-state index is 0.0479. The number of hydrogen-bond donors (Lipinski definition) is 2. The van der Waals surface area contributed by atoms with Gasteiger partial charge in [-0.1, -0.05) is 20.8 Å². The number of nitrogens with one attached hydrogen (secondary N) is 1. The van der Waals surface area contributed by atoms with Gasteiger partial charge in [0.05, 0.1) is 5.92 Å². The van der Waals surface area contributed by atoms with E-state index in [2.05, 4.69) is 19.2 Å². The molecule has 6 heteroatoms. The van der Waals surface area contributed by atoms with Crippen molar-refractivity contribution in [2.75, 3.05) is 33.7 Å². The van der Waals surface area contributed by atoms with Crippen LogP contribution in [0.2, 0.25) is 0 Å². The molecule has 0 aromatic carbocycles. The number of carboxylic acid groups (broad SMARTS) is 1. The number of nitrogens with zero attached hydrogens (tertiary/aromatic N) is 2. The fourth-order valence-corrected chi connectivity index (χ4v) is 1.83. The van der Waals surface area contributed by atoms with Crippen LogP contribution in [0.5, 0.6) is 0 Å². The summed E-state index contributed by atoms with van der Waals surface area (Å²) >= 11 is 0. The summed E-state index contributed by atoms with van der Waals surface area (Å²) in [7, 11) is 3.93. The number of carboxylic acids is 1. The van der Waals surface area contributed by atoms with Gasteiger partial charge in [-0.2, -0.15) is 0 Å². The molecule has 0 saturated heterocycles. The Morgan fingerprint density at radius 3 is 2.05 bits per heavy atom. The van der Waals surface area contributed by atoms with Crippen molar-refractivity contribution in [2.24, 2.45) is 11.8 Å². The molecular formula is C14H29N3O3. The van der Waals surface area contributed by atoms with E-state index in [1.54, 1.807) is 11.8 Å². The van der Waals surface area contributed by atoms with Crippen LogP contribution in [0.25, 0.3) is 0 Å². The topological polar surface area (TPSA) is 72.9 Å². The quantitative estimate of drug-likeness (QED) is 0.706. The summed E-state index contributed by atoms with van der Waals surface area (Å²) in [5.74, 6) is -1.13. The van der Waals surface area contributed by atoms with E-state index in [4.69, 9.17) is 5.11 Å². The number of carbonyl (C=O) groups is 2. The molecule has 0 bridgehead atoms. The molecule has 0 saturated carbocycles. The van der Waals surface area contributed by atoms with E-state index in [-0.39, 0.29) is 18.6 Å². The Morgan fingerprint density at radius 1 is 1.15 bits per heavy atom. The van der Waals surface area contributed by atoms with Crippen molar-refractivity contribution in [1.82, 2.24) is 15.1 Å². The maximum absolute atomic E-state index is 12.2. The van der Waals surface area contributed by atoms with Gasteiger partial charge in [-0.25, -0.2) is 4.79 Å². The predicted molar refractivity (Wildman–Crippen MR) is 79.8 cm³/mol. The standard InChI is InChI=1S/C14H29N3O3/c1-7-17(8-11(4)13(18)19)14(20)15-12(10(2)3)9-16(5)6/h10-12H,7-9H2,1-6H3,(H,15,20)(H,18,19). The molecular weight excluding hydrogens is 258 g/mol. The van der Waals surface area contributed by atoms with Gasteiger partial charge in [-0.15, -0.1) is 0 Å². The van der Waals surface area contributed by atoms with Crippen LogP contribution in [0, 0.1) is 11.8 Å². The van der Waals surface area contributed by atoms with Gasteiger partial charge in [0.1, 0.15) is 0 Å². The van der Waals surface area contributed by atoms with E-state index in [0.29, 0.717) is 12.5 Å². The number of urea groups is 1. The van der Waals surface area contributed by atoms with Crippen molar-refractivity contribution in [3.63, 3.8) is 0 Å². The Hall–Kier alpha value is -1.30. The van der Waals surface area contributed by atoms with Crippen LogP contribution in [-0.2, 0) is 4.79 Å². The Balaban J connectivity index is 4.62. The molecule has 0 fully saturated rings. The van der Waals surface area contributed by atoms with Crippen LogP contribution in [0.1, 0.15) is 27.7 Å². The average molecular weight is 287 g/mol. The molecule has 20 heavy (non-hydrogen) atoms. The van der Waals surface area contributed by atoms with Crippen LogP contribution in [0.15, 0.2) is 0 Å². The van der Waals surface area contributed by atoms with Gasteiger partial charge in [0.2, 0.25) is 0 Å². The van der Waals surface area contributed by atoms with E-state index in [1.165, 1.54) is 0 Å². The average Bonchev–Trinajstić information content (AvgIpc) is 2.33. The zero-order chi connectivity index (χ0) is 15.9. The van der Waals surface area contributed by atoms with Crippen molar-refractivity contribution in [3.8, 4) is 0 Å². The second-order valence-electron chi connectivity index (χ2n) is 5.84. The van der Waals surface area contributed by atoms with Crippen LogP contribution >= 0.6 is 0 Å². The molecule has 2 unspecified atom stereocenters. The minimum atomic E-state index is -0.884. The van der Waals surface area contributed by atoms with Crippen molar-refractivity contribution < 1.29 is 14.7 Å². The lowest BCUT2D eigenvalue weighted by Crippen LogP contribution is -2.51. The lowest BCUT2D eigenvalue weighted by atomic mass is 10.0. The lowest BCUT2D eigenvalue weighted by molar-refractivity contribution is -0.141. The highest BCUT2D eigenvalue weighted by Gasteiger charge is 2.23. The number of rotatable bonds is 8. The lowest BCUT2D eigenvalue weighted by Gasteiger charge is -2.30. The molecule has 0 aromatic heterocycles. The zero-order valence-corrected chi connectivity index (χ0v) is 13.5. The Labute approximate surface area is 122 Å². The van der Waals surface area contributed by atoms with E-state index >= 15 is 0 Å². The first kappa shape index (κ1) is 18.7. The molecule has 0 aliphatic carbocycles. The van der Waals surface area contributed by atoms with Crippen molar-refractivity contribution >= 4 is 12.0 Å². The molecule has 0 heterocycles. The van der Waals surface area contributed by atoms with Gasteiger partial charge >= 0.3 is 12.0 Å². The number of hydrogen-bond acceptors (Lipinski definition) is 3. The molecule has 2 atom stereocenters. The van der Waals surface area contributed by atoms with Crippen LogP contribution in [0.4, 0.5) is 4.79 Å². The predicted octanol–water partition coefficient (Wildman–Crippen LogP) is 1.32. The molecule has 6 nitrogen and oxygen atoms in total. The van der Waals surface area contributed by atoms with Gasteiger partial charge in [0.15, 0.2) is 0 Å². The maximum Gasteiger partial charge on any atom is 0.317 e. The van der Waals surface area contributed by atoms with Gasteiger partial charge in [0, 0.05) is 25.7 Å². The summed E-state index contributed by atoms with van der Waals surface area (Å²) in [4.78, 5) is 26.7. The summed E-state index contributed by atoms with van der Waals surface area (Å²) in [6.45, 7) is 9.06. The molecule has 2 amide bonds. The van der Waals surface area contributed by atoms with Gasteiger partial charge in [0.25, 0.3) is 0 Å². The van der Waals surface area contributed by atoms with Crippen LogP contribution < -0.4 is 5.32 Å². The first-order valence-corrected chi connectivity index (χ1v) is 7.11. The summed E-state index contributed by atoms with van der Waals surface area (Å²) in [5, 5.41) is 11.9. The summed E-state index contributed by atoms with van der Waals surface area (Å²) in [6, 6.07) is -0.146. The Bertz CT molecular complexity index is 319. The normalized spacial score (nSPS) is 14.2. The van der Waals surface area contributed by atoms with Crippen molar-refractivity contribution in [2.45, 2.75) is 33.7 Å².